The highest BCUT2D eigenvalue weighted by Crippen LogP contribution is 2.35. The van der Waals surface area contributed by atoms with E-state index in [-0.39, 0.29) is 18.3 Å². The van der Waals surface area contributed by atoms with Crippen LogP contribution in [0, 0.1) is 5.82 Å². The Morgan fingerprint density at radius 1 is 1.19 bits per heavy atom. The Balaban J connectivity index is 2.09. The summed E-state index contributed by atoms with van der Waals surface area (Å²) in [6, 6.07) is 8.65. The lowest BCUT2D eigenvalue weighted by molar-refractivity contribution is 0.102. The quantitative estimate of drug-likeness (QED) is 0.528. The minimum atomic E-state index is -0.346. The van der Waals surface area contributed by atoms with E-state index >= 15 is 0 Å². The number of hydrogen-bond acceptors (Lipinski definition) is 3. The lowest BCUT2D eigenvalue weighted by Gasteiger charge is -2.16. The maximum atomic E-state index is 14.4. The summed E-state index contributed by atoms with van der Waals surface area (Å²) >= 11 is 7.61. The Labute approximate surface area is 167 Å². The highest BCUT2D eigenvalue weighted by Gasteiger charge is 2.22. The van der Waals surface area contributed by atoms with E-state index < -0.39 is 0 Å². The molecule has 0 aliphatic rings. The van der Waals surface area contributed by atoms with Gasteiger partial charge in [-0.2, -0.15) is 0 Å². The number of nitrogens with one attached hydrogen (secondary N) is 1. The fourth-order valence-corrected chi connectivity index (χ4v) is 4.68. The summed E-state index contributed by atoms with van der Waals surface area (Å²) in [7, 11) is 1.54. The average Bonchev–Trinajstić information content (AvgIpc) is 3.02. The van der Waals surface area contributed by atoms with E-state index in [0.717, 1.165) is 27.9 Å². The molecule has 6 heteroatoms. The van der Waals surface area contributed by atoms with Gasteiger partial charge in [0.15, 0.2) is 0 Å². The third kappa shape index (κ3) is 3.72. The van der Waals surface area contributed by atoms with Gasteiger partial charge in [-0.3, -0.25) is 4.79 Å². The Bertz CT molecular complexity index is 1000. The molecule has 1 N–H and O–H groups in total. The topological polar surface area (TPSA) is 38.3 Å². The number of thiophene rings is 1. The summed E-state index contributed by atoms with van der Waals surface area (Å²) in [5.74, 6) is -0.615. The minimum Gasteiger partial charge on any atom is -0.380 e. The molecule has 3 nitrogen and oxygen atoms in total. The molecule has 1 aromatic heterocycles. The number of ether oxygens (including phenoxy) is 1. The van der Waals surface area contributed by atoms with Crippen LogP contribution in [0.25, 0.3) is 10.1 Å². The molecular weight excluding hydrogens is 385 g/mol. The van der Waals surface area contributed by atoms with E-state index in [0.29, 0.717) is 27.3 Å². The van der Waals surface area contributed by atoms with Crippen LogP contribution in [0.1, 0.15) is 40.2 Å². The molecule has 27 heavy (non-hydrogen) atoms. The van der Waals surface area contributed by atoms with Crippen LogP contribution in [0.4, 0.5) is 10.1 Å². The van der Waals surface area contributed by atoms with Crippen molar-refractivity contribution in [2.45, 2.75) is 33.3 Å². The molecule has 0 aliphatic heterocycles. The first-order valence-electron chi connectivity index (χ1n) is 8.82. The Hall–Kier alpha value is -1.95. The fourth-order valence-electron chi connectivity index (χ4n) is 3.27. The van der Waals surface area contributed by atoms with E-state index in [1.807, 2.05) is 32.0 Å². The van der Waals surface area contributed by atoms with Gasteiger partial charge in [0, 0.05) is 33.5 Å². The molecule has 0 aliphatic carbocycles. The lowest BCUT2D eigenvalue weighted by atomic mass is 10.0. The van der Waals surface area contributed by atoms with Gasteiger partial charge in [-0.15, -0.1) is 11.3 Å². The molecule has 0 saturated carbocycles. The van der Waals surface area contributed by atoms with Crippen molar-refractivity contribution in [1.29, 1.82) is 0 Å². The number of methoxy groups -OCH3 is 1. The predicted octanol–water partition coefficient (Wildman–Crippen LogP) is 6.22. The number of amides is 1. The summed E-state index contributed by atoms with van der Waals surface area (Å²) in [6.07, 6.45) is 1.47. The van der Waals surface area contributed by atoms with Gasteiger partial charge in [-0.25, -0.2) is 4.39 Å². The largest absolute Gasteiger partial charge is 0.380 e. The van der Waals surface area contributed by atoms with Gasteiger partial charge < -0.3 is 10.1 Å². The van der Waals surface area contributed by atoms with Gasteiger partial charge >= 0.3 is 0 Å². The van der Waals surface area contributed by atoms with Crippen LogP contribution in [0.2, 0.25) is 5.02 Å². The third-order valence-electron chi connectivity index (χ3n) is 4.57. The highest BCUT2D eigenvalue weighted by atomic mass is 35.5. The molecule has 142 valence electrons. The summed E-state index contributed by atoms with van der Waals surface area (Å²) in [6.45, 7) is 4.20. The monoisotopic (exact) mass is 405 g/mol. The van der Waals surface area contributed by atoms with Crippen molar-refractivity contribution >= 4 is 44.6 Å². The van der Waals surface area contributed by atoms with Crippen LogP contribution >= 0.6 is 22.9 Å². The van der Waals surface area contributed by atoms with Crippen molar-refractivity contribution in [2.24, 2.45) is 0 Å². The molecule has 0 saturated heterocycles. The zero-order valence-corrected chi connectivity index (χ0v) is 17.1. The Morgan fingerprint density at radius 3 is 2.63 bits per heavy atom. The van der Waals surface area contributed by atoms with Crippen molar-refractivity contribution in [1.82, 2.24) is 0 Å². The first-order valence-corrected chi connectivity index (χ1v) is 10.0. The Morgan fingerprint density at radius 2 is 1.96 bits per heavy atom. The Kier molecular flexibility index (Phi) is 6.15. The standard InChI is InChI=1S/C21H21ClFNO2S/c1-4-12-9-10-15(22)13(5-2)19(12)24-21(25)20-14(11-26-3)18-16(23)7-6-8-17(18)27-20/h6-10H,4-5,11H2,1-3H3,(H,24,25). The van der Waals surface area contributed by atoms with Crippen molar-refractivity contribution < 1.29 is 13.9 Å². The van der Waals surface area contributed by atoms with Crippen LogP contribution in [0.3, 0.4) is 0 Å². The van der Waals surface area contributed by atoms with Crippen molar-refractivity contribution in [2.75, 3.05) is 12.4 Å². The highest BCUT2D eigenvalue weighted by molar-refractivity contribution is 7.21. The number of benzene rings is 2. The number of halogens is 2. The average molecular weight is 406 g/mol. The first kappa shape index (κ1) is 19.8. The van der Waals surface area contributed by atoms with Crippen LogP contribution in [0.15, 0.2) is 30.3 Å². The SMILES string of the molecule is CCc1ccc(Cl)c(CC)c1NC(=O)c1sc2cccc(F)c2c1COC. The predicted molar refractivity (Wildman–Crippen MR) is 111 cm³/mol. The number of carbonyl (C=O) groups is 1. The van der Waals surface area contributed by atoms with E-state index in [9.17, 15) is 9.18 Å². The number of hydrogen-bond donors (Lipinski definition) is 1. The summed E-state index contributed by atoms with van der Waals surface area (Å²) in [5.41, 5.74) is 3.25. The van der Waals surface area contributed by atoms with E-state index in [1.54, 1.807) is 6.07 Å². The van der Waals surface area contributed by atoms with Gasteiger partial charge in [0.2, 0.25) is 0 Å². The van der Waals surface area contributed by atoms with Gasteiger partial charge in [0.1, 0.15) is 5.82 Å². The van der Waals surface area contributed by atoms with E-state index in [2.05, 4.69) is 5.32 Å². The number of carbonyl (C=O) groups excluding carboxylic acids is 1. The lowest BCUT2D eigenvalue weighted by Crippen LogP contribution is -2.15. The zero-order chi connectivity index (χ0) is 19.6. The van der Waals surface area contributed by atoms with Crippen LogP contribution in [-0.2, 0) is 24.2 Å². The van der Waals surface area contributed by atoms with Gasteiger partial charge in [0.25, 0.3) is 5.91 Å². The maximum Gasteiger partial charge on any atom is 0.266 e. The molecule has 0 spiro atoms. The molecule has 1 amide bonds. The van der Waals surface area contributed by atoms with E-state index in [1.165, 1.54) is 24.5 Å². The van der Waals surface area contributed by atoms with Crippen LogP contribution in [-0.4, -0.2) is 13.0 Å². The maximum absolute atomic E-state index is 14.4. The minimum absolute atomic E-state index is 0.167. The second kappa shape index (κ2) is 8.38. The molecule has 0 bridgehead atoms. The van der Waals surface area contributed by atoms with Crippen LogP contribution in [0.5, 0.6) is 0 Å². The van der Waals surface area contributed by atoms with Crippen molar-refractivity contribution in [3.05, 3.63) is 62.7 Å². The fraction of sp³-hybridized carbons (Fsp3) is 0.286. The van der Waals surface area contributed by atoms with Crippen LogP contribution < -0.4 is 5.32 Å². The molecule has 0 atom stereocenters. The van der Waals surface area contributed by atoms with Gasteiger partial charge in [-0.05, 0) is 42.2 Å². The smallest absolute Gasteiger partial charge is 0.266 e. The second-order valence-electron chi connectivity index (χ2n) is 6.18. The van der Waals surface area contributed by atoms with E-state index in [4.69, 9.17) is 16.3 Å². The third-order valence-corrected chi connectivity index (χ3v) is 6.12. The molecule has 3 aromatic rings. The number of anilines is 1. The van der Waals surface area contributed by atoms with Gasteiger partial charge in [-0.1, -0.05) is 37.6 Å². The molecule has 3 rings (SSSR count). The number of rotatable bonds is 6. The first-order chi connectivity index (χ1) is 13.0. The normalized spacial score (nSPS) is 11.1. The number of fused-ring (bicyclic) bond motifs is 1. The molecule has 1 heterocycles. The van der Waals surface area contributed by atoms with Crippen molar-refractivity contribution in [3.8, 4) is 0 Å². The molecule has 0 unspecified atom stereocenters. The molecule has 0 fully saturated rings. The summed E-state index contributed by atoms with van der Waals surface area (Å²) < 4.78 is 20.3. The number of aryl methyl sites for hydroxylation is 1. The molecule has 0 radical (unpaired) electrons. The molecule has 2 aromatic carbocycles. The van der Waals surface area contributed by atoms with Gasteiger partial charge in [0.05, 0.1) is 11.5 Å². The second-order valence-corrected chi connectivity index (χ2v) is 7.64. The molecular formula is C21H21ClFNO2S. The summed E-state index contributed by atoms with van der Waals surface area (Å²) in [4.78, 5) is 13.6. The zero-order valence-electron chi connectivity index (χ0n) is 15.5. The summed E-state index contributed by atoms with van der Waals surface area (Å²) in [5, 5.41) is 4.11. The van der Waals surface area contributed by atoms with Crippen molar-refractivity contribution in [3.63, 3.8) is 0 Å².